The monoisotopic (exact) mass is 279 g/mol. The minimum atomic E-state index is 0.652. The van der Waals surface area contributed by atoms with Crippen molar-refractivity contribution in [2.45, 2.75) is 20.8 Å². The second kappa shape index (κ2) is 5.01. The lowest BCUT2D eigenvalue weighted by Gasteiger charge is -2.09. The summed E-state index contributed by atoms with van der Waals surface area (Å²) in [6.07, 6.45) is 0. The summed E-state index contributed by atoms with van der Waals surface area (Å²) in [6.45, 7) is 6.18. The van der Waals surface area contributed by atoms with E-state index in [1.54, 1.807) is 4.68 Å². The Balaban J connectivity index is 2.17. The second-order valence-corrected chi connectivity index (χ2v) is 5.27. The summed E-state index contributed by atoms with van der Waals surface area (Å²) in [6, 6.07) is 12.0. The van der Waals surface area contributed by atoms with Gasteiger partial charge in [0.2, 0.25) is 0 Å². The number of nitrogens with zero attached hydrogens (tertiary/aromatic N) is 4. The van der Waals surface area contributed by atoms with Gasteiger partial charge in [0.05, 0.1) is 5.69 Å². The number of anilines is 1. The highest BCUT2D eigenvalue weighted by Gasteiger charge is 2.14. The van der Waals surface area contributed by atoms with Gasteiger partial charge in [0.15, 0.2) is 5.82 Å². The molecule has 0 unspecified atom stereocenters. The van der Waals surface area contributed by atoms with E-state index in [1.165, 1.54) is 11.1 Å². The van der Waals surface area contributed by atoms with Crippen LogP contribution in [0.15, 0.2) is 36.4 Å². The van der Waals surface area contributed by atoms with Crippen molar-refractivity contribution in [1.29, 1.82) is 0 Å². The maximum absolute atomic E-state index is 6.07. The smallest absolute Gasteiger partial charge is 0.189 e. The molecule has 0 aliphatic carbocycles. The third kappa shape index (κ3) is 2.38. The summed E-state index contributed by atoms with van der Waals surface area (Å²) in [7, 11) is 0. The number of hydrogen-bond acceptors (Lipinski definition) is 4. The van der Waals surface area contributed by atoms with E-state index in [9.17, 15) is 0 Å². The molecule has 0 fully saturated rings. The van der Waals surface area contributed by atoms with Crippen molar-refractivity contribution >= 4 is 5.69 Å². The van der Waals surface area contributed by atoms with Gasteiger partial charge in [-0.15, -0.1) is 5.10 Å². The fraction of sp³-hybridized carbons (Fsp3) is 0.188. The predicted molar refractivity (Wildman–Crippen MR) is 83.2 cm³/mol. The van der Waals surface area contributed by atoms with Crippen LogP contribution in [-0.2, 0) is 0 Å². The zero-order chi connectivity index (χ0) is 15.0. The fourth-order valence-corrected chi connectivity index (χ4v) is 2.25. The van der Waals surface area contributed by atoms with Crippen LogP contribution in [0.5, 0.6) is 0 Å². The molecule has 0 amide bonds. The minimum Gasteiger partial charge on any atom is -0.398 e. The van der Waals surface area contributed by atoms with Crippen LogP contribution >= 0.6 is 0 Å². The molecule has 5 nitrogen and oxygen atoms in total. The lowest BCUT2D eigenvalue weighted by atomic mass is 10.1. The van der Waals surface area contributed by atoms with E-state index in [1.807, 2.05) is 31.2 Å². The zero-order valence-corrected chi connectivity index (χ0v) is 12.3. The summed E-state index contributed by atoms with van der Waals surface area (Å²) < 4.78 is 1.72. The van der Waals surface area contributed by atoms with Crippen molar-refractivity contribution in [2.75, 3.05) is 5.73 Å². The Kier molecular flexibility index (Phi) is 3.17. The van der Waals surface area contributed by atoms with Crippen LogP contribution in [0.1, 0.15) is 16.7 Å². The molecule has 0 aliphatic rings. The van der Waals surface area contributed by atoms with Gasteiger partial charge in [-0.05, 0) is 66.6 Å². The zero-order valence-electron chi connectivity index (χ0n) is 12.3. The SMILES string of the molecule is Cc1ccc(N)c(-c2nnnn2-c2ccc(C)c(C)c2)c1. The topological polar surface area (TPSA) is 69.6 Å². The van der Waals surface area contributed by atoms with E-state index in [-0.39, 0.29) is 0 Å². The number of tetrazole rings is 1. The number of aromatic nitrogens is 4. The largest absolute Gasteiger partial charge is 0.398 e. The Bertz CT molecular complexity index is 804. The summed E-state index contributed by atoms with van der Waals surface area (Å²) >= 11 is 0. The molecule has 5 heteroatoms. The van der Waals surface area contributed by atoms with Gasteiger partial charge in [-0.1, -0.05) is 17.7 Å². The van der Waals surface area contributed by atoms with Crippen molar-refractivity contribution in [3.8, 4) is 17.1 Å². The molecule has 0 bridgehead atoms. The third-order valence-corrected chi connectivity index (χ3v) is 3.65. The number of nitrogen functional groups attached to an aromatic ring is 1. The van der Waals surface area contributed by atoms with Crippen LogP contribution in [0.25, 0.3) is 17.1 Å². The van der Waals surface area contributed by atoms with Gasteiger partial charge < -0.3 is 5.73 Å². The Morgan fingerprint density at radius 2 is 1.76 bits per heavy atom. The first-order valence-corrected chi connectivity index (χ1v) is 6.79. The van der Waals surface area contributed by atoms with Crippen molar-refractivity contribution in [1.82, 2.24) is 20.2 Å². The maximum Gasteiger partial charge on any atom is 0.189 e. The van der Waals surface area contributed by atoms with Crippen LogP contribution in [0.4, 0.5) is 5.69 Å². The number of hydrogen-bond donors (Lipinski definition) is 1. The molecule has 2 N–H and O–H groups in total. The second-order valence-electron chi connectivity index (χ2n) is 5.27. The molecular formula is C16H17N5. The number of rotatable bonds is 2. The van der Waals surface area contributed by atoms with Crippen LogP contribution in [0.3, 0.4) is 0 Å². The lowest BCUT2D eigenvalue weighted by Crippen LogP contribution is -2.02. The number of nitrogens with two attached hydrogens (primary N) is 1. The predicted octanol–water partition coefficient (Wildman–Crippen LogP) is 2.84. The van der Waals surface area contributed by atoms with Crippen molar-refractivity contribution in [2.24, 2.45) is 0 Å². The van der Waals surface area contributed by atoms with Crippen LogP contribution < -0.4 is 5.73 Å². The quantitative estimate of drug-likeness (QED) is 0.732. The summed E-state index contributed by atoms with van der Waals surface area (Å²) in [5.74, 6) is 0.652. The molecule has 0 saturated carbocycles. The van der Waals surface area contributed by atoms with Gasteiger partial charge in [-0.3, -0.25) is 0 Å². The van der Waals surface area contributed by atoms with Gasteiger partial charge in [0.1, 0.15) is 0 Å². The van der Waals surface area contributed by atoms with Crippen molar-refractivity contribution in [3.05, 3.63) is 53.1 Å². The Hall–Kier alpha value is -2.69. The molecule has 0 aliphatic heterocycles. The van der Waals surface area contributed by atoms with Gasteiger partial charge in [-0.25, -0.2) is 0 Å². The molecule has 0 spiro atoms. The van der Waals surface area contributed by atoms with Gasteiger partial charge in [0.25, 0.3) is 0 Å². The Morgan fingerprint density at radius 3 is 2.52 bits per heavy atom. The normalized spacial score (nSPS) is 10.8. The molecule has 1 heterocycles. The molecule has 106 valence electrons. The fourth-order valence-electron chi connectivity index (χ4n) is 2.25. The molecule has 0 radical (unpaired) electrons. The first-order valence-electron chi connectivity index (χ1n) is 6.79. The first-order chi connectivity index (χ1) is 10.1. The highest BCUT2D eigenvalue weighted by molar-refractivity contribution is 5.73. The van der Waals surface area contributed by atoms with Gasteiger partial charge in [0, 0.05) is 11.3 Å². The molecule has 3 aromatic rings. The van der Waals surface area contributed by atoms with E-state index >= 15 is 0 Å². The number of benzene rings is 2. The van der Waals surface area contributed by atoms with Gasteiger partial charge >= 0.3 is 0 Å². The van der Waals surface area contributed by atoms with E-state index in [2.05, 4.69) is 41.5 Å². The third-order valence-electron chi connectivity index (χ3n) is 3.65. The average molecular weight is 279 g/mol. The molecular weight excluding hydrogens is 262 g/mol. The molecule has 1 aromatic heterocycles. The van der Waals surface area contributed by atoms with E-state index < -0.39 is 0 Å². The molecule has 0 atom stereocenters. The minimum absolute atomic E-state index is 0.652. The summed E-state index contributed by atoms with van der Waals surface area (Å²) in [5.41, 5.74) is 12.1. The molecule has 21 heavy (non-hydrogen) atoms. The van der Waals surface area contributed by atoms with Gasteiger partial charge in [-0.2, -0.15) is 4.68 Å². The average Bonchev–Trinajstić information content (AvgIpc) is 2.93. The molecule has 2 aromatic carbocycles. The van der Waals surface area contributed by atoms with Crippen LogP contribution in [0, 0.1) is 20.8 Å². The van der Waals surface area contributed by atoms with Crippen molar-refractivity contribution < 1.29 is 0 Å². The maximum atomic E-state index is 6.07. The van der Waals surface area contributed by atoms with Crippen LogP contribution in [-0.4, -0.2) is 20.2 Å². The first kappa shape index (κ1) is 13.3. The number of aryl methyl sites for hydroxylation is 3. The van der Waals surface area contributed by atoms with E-state index in [4.69, 9.17) is 5.73 Å². The Labute approximate surface area is 123 Å². The Morgan fingerprint density at radius 1 is 0.952 bits per heavy atom. The standard InChI is InChI=1S/C16H17N5/c1-10-4-7-15(17)14(8-10)16-18-19-20-21(16)13-6-5-11(2)12(3)9-13/h4-9H,17H2,1-3H3. The van der Waals surface area contributed by atoms with E-state index in [0.29, 0.717) is 11.5 Å². The molecule has 3 rings (SSSR count). The van der Waals surface area contributed by atoms with Crippen LogP contribution in [0.2, 0.25) is 0 Å². The molecule has 0 saturated heterocycles. The summed E-state index contributed by atoms with van der Waals surface area (Å²) in [4.78, 5) is 0. The summed E-state index contributed by atoms with van der Waals surface area (Å²) in [5, 5.41) is 12.0. The van der Waals surface area contributed by atoms with Crippen molar-refractivity contribution in [3.63, 3.8) is 0 Å². The lowest BCUT2D eigenvalue weighted by molar-refractivity contribution is 0.790. The van der Waals surface area contributed by atoms with E-state index in [0.717, 1.165) is 16.8 Å². The highest BCUT2D eigenvalue weighted by Crippen LogP contribution is 2.26. The highest BCUT2D eigenvalue weighted by atomic mass is 15.5.